The van der Waals surface area contributed by atoms with E-state index < -0.39 is 0 Å². The summed E-state index contributed by atoms with van der Waals surface area (Å²) in [5, 5.41) is 4.95. The highest BCUT2D eigenvalue weighted by molar-refractivity contribution is 7.26. The van der Waals surface area contributed by atoms with Crippen LogP contribution in [0.1, 0.15) is 0 Å². The first-order valence-corrected chi connectivity index (χ1v) is 19.6. The molecule has 0 atom stereocenters. The molecule has 8 aromatic carbocycles. The summed E-state index contributed by atoms with van der Waals surface area (Å²) in [6.45, 7) is 0. The number of thiophene rings is 1. The lowest BCUT2D eigenvalue weighted by Gasteiger charge is -2.12. The van der Waals surface area contributed by atoms with E-state index in [0.29, 0.717) is 17.6 Å². The predicted octanol–water partition coefficient (Wildman–Crippen LogP) is 13.7. The molecule has 11 aromatic rings. The fourth-order valence-electron chi connectivity index (χ4n) is 8.04. The maximum absolute atomic E-state index is 5.15. The van der Waals surface area contributed by atoms with Crippen LogP contribution in [-0.4, -0.2) is 19.5 Å². The summed E-state index contributed by atoms with van der Waals surface area (Å²) >= 11 is 1.87. The van der Waals surface area contributed by atoms with Gasteiger partial charge in [-0.3, -0.25) is 4.57 Å². The SMILES string of the molecule is c1ccc(-c2nc(-c3ccc(-c4cccc(-c5ccc(-c6ccccc6)c6c5sc5ccccc56)c4)cc3)nc(-n3c4ccccc4c4ccccc43)n2)cc1. The maximum atomic E-state index is 5.15. The van der Waals surface area contributed by atoms with Crippen molar-refractivity contribution in [3.05, 3.63) is 194 Å². The van der Waals surface area contributed by atoms with Crippen molar-refractivity contribution in [1.29, 1.82) is 0 Å². The highest BCUT2D eigenvalue weighted by Gasteiger charge is 2.19. The highest BCUT2D eigenvalue weighted by Crippen LogP contribution is 2.45. The van der Waals surface area contributed by atoms with Crippen LogP contribution in [0.2, 0.25) is 0 Å². The monoisotopic (exact) mass is 732 g/mol. The Morgan fingerprint density at radius 3 is 1.57 bits per heavy atom. The van der Waals surface area contributed by atoms with Crippen molar-refractivity contribution in [1.82, 2.24) is 19.5 Å². The summed E-state index contributed by atoms with van der Waals surface area (Å²) in [5.74, 6) is 1.85. The van der Waals surface area contributed by atoms with E-state index in [9.17, 15) is 0 Å². The molecule has 0 fully saturated rings. The van der Waals surface area contributed by atoms with Gasteiger partial charge in [-0.15, -0.1) is 11.3 Å². The van der Waals surface area contributed by atoms with Crippen LogP contribution in [0.5, 0.6) is 0 Å². The van der Waals surface area contributed by atoms with Crippen molar-refractivity contribution in [3.63, 3.8) is 0 Å². The Kier molecular flexibility index (Phi) is 7.64. The smallest absolute Gasteiger partial charge is 0.238 e. The lowest BCUT2D eigenvalue weighted by atomic mass is 9.93. The van der Waals surface area contributed by atoms with Crippen LogP contribution in [0.4, 0.5) is 0 Å². The van der Waals surface area contributed by atoms with Crippen LogP contribution >= 0.6 is 11.3 Å². The molecule has 0 radical (unpaired) electrons. The summed E-state index contributed by atoms with van der Waals surface area (Å²) < 4.78 is 4.76. The minimum Gasteiger partial charge on any atom is -0.278 e. The Hall–Kier alpha value is -7.21. The topological polar surface area (TPSA) is 43.6 Å². The quantitative estimate of drug-likeness (QED) is 0.171. The summed E-state index contributed by atoms with van der Waals surface area (Å²) in [5.41, 5.74) is 11.2. The fraction of sp³-hybridized carbons (Fsp3) is 0. The van der Waals surface area contributed by atoms with Crippen molar-refractivity contribution < 1.29 is 0 Å². The summed E-state index contributed by atoms with van der Waals surface area (Å²) in [6.07, 6.45) is 0. The number of nitrogens with zero attached hydrogens (tertiary/aromatic N) is 4. The summed E-state index contributed by atoms with van der Waals surface area (Å²) in [4.78, 5) is 15.3. The Balaban J connectivity index is 1.01. The Labute approximate surface area is 327 Å². The van der Waals surface area contributed by atoms with E-state index in [2.05, 4.69) is 168 Å². The van der Waals surface area contributed by atoms with E-state index in [1.165, 1.54) is 42.4 Å². The molecule has 0 unspecified atom stereocenters. The number of hydrogen-bond acceptors (Lipinski definition) is 4. The van der Waals surface area contributed by atoms with Gasteiger partial charge in [0.05, 0.1) is 11.0 Å². The normalized spacial score (nSPS) is 11.6. The van der Waals surface area contributed by atoms with Gasteiger partial charge in [-0.2, -0.15) is 9.97 Å². The van der Waals surface area contributed by atoms with Crippen LogP contribution in [0, 0.1) is 0 Å². The zero-order valence-electron chi connectivity index (χ0n) is 30.2. The Morgan fingerprint density at radius 2 is 0.875 bits per heavy atom. The number of fused-ring (bicyclic) bond motifs is 6. The zero-order chi connectivity index (χ0) is 37.0. The van der Waals surface area contributed by atoms with Gasteiger partial charge in [0, 0.05) is 42.1 Å². The van der Waals surface area contributed by atoms with Gasteiger partial charge in [-0.25, -0.2) is 4.98 Å². The molecule has 262 valence electrons. The first-order valence-electron chi connectivity index (χ1n) is 18.8. The molecule has 4 nitrogen and oxygen atoms in total. The van der Waals surface area contributed by atoms with Crippen LogP contribution in [0.3, 0.4) is 0 Å². The van der Waals surface area contributed by atoms with Gasteiger partial charge in [0.2, 0.25) is 5.95 Å². The molecule has 0 saturated heterocycles. The summed E-state index contributed by atoms with van der Waals surface area (Å²) in [6, 6.07) is 68.6. The Bertz CT molecular complexity index is 3180. The number of rotatable bonds is 6. The van der Waals surface area contributed by atoms with Crippen molar-refractivity contribution in [2.75, 3.05) is 0 Å². The average Bonchev–Trinajstić information content (AvgIpc) is 3.83. The van der Waals surface area contributed by atoms with Gasteiger partial charge in [0.1, 0.15) is 0 Å². The van der Waals surface area contributed by atoms with E-state index in [0.717, 1.165) is 44.1 Å². The van der Waals surface area contributed by atoms with E-state index in [1.54, 1.807) is 0 Å². The average molecular weight is 733 g/mol. The number of hydrogen-bond donors (Lipinski definition) is 0. The molecule has 3 aromatic heterocycles. The van der Waals surface area contributed by atoms with Crippen molar-refractivity contribution >= 4 is 53.3 Å². The van der Waals surface area contributed by atoms with Gasteiger partial charge in [0.15, 0.2) is 11.6 Å². The van der Waals surface area contributed by atoms with Crippen LogP contribution in [0.15, 0.2) is 194 Å². The van der Waals surface area contributed by atoms with Crippen LogP contribution < -0.4 is 0 Å². The number of benzene rings is 8. The van der Waals surface area contributed by atoms with Gasteiger partial charge in [-0.1, -0.05) is 170 Å². The zero-order valence-corrected chi connectivity index (χ0v) is 31.0. The first kappa shape index (κ1) is 32.2. The lowest BCUT2D eigenvalue weighted by Crippen LogP contribution is -2.06. The van der Waals surface area contributed by atoms with Crippen molar-refractivity contribution in [2.24, 2.45) is 0 Å². The van der Waals surface area contributed by atoms with E-state index >= 15 is 0 Å². The van der Waals surface area contributed by atoms with Crippen LogP contribution in [0.25, 0.3) is 104 Å². The highest BCUT2D eigenvalue weighted by atomic mass is 32.1. The Morgan fingerprint density at radius 1 is 0.357 bits per heavy atom. The van der Waals surface area contributed by atoms with E-state index in [-0.39, 0.29) is 0 Å². The third-order valence-corrected chi connectivity index (χ3v) is 11.9. The molecule has 0 N–H and O–H groups in total. The van der Waals surface area contributed by atoms with Gasteiger partial charge >= 0.3 is 0 Å². The molecule has 5 heteroatoms. The molecule has 0 spiro atoms. The third kappa shape index (κ3) is 5.40. The van der Waals surface area contributed by atoms with Crippen LogP contribution in [-0.2, 0) is 0 Å². The van der Waals surface area contributed by atoms with Crippen molar-refractivity contribution in [2.45, 2.75) is 0 Å². The number of para-hydroxylation sites is 2. The molecule has 0 aliphatic heterocycles. The second-order valence-corrected chi connectivity index (χ2v) is 15.1. The van der Waals surface area contributed by atoms with Gasteiger partial charge < -0.3 is 0 Å². The molecule has 56 heavy (non-hydrogen) atoms. The minimum atomic E-state index is 0.592. The molecular formula is C51H32N4S. The molecule has 11 rings (SSSR count). The second kappa shape index (κ2) is 13.3. The second-order valence-electron chi connectivity index (χ2n) is 14.0. The molecule has 0 bridgehead atoms. The van der Waals surface area contributed by atoms with E-state index in [4.69, 9.17) is 15.0 Å². The third-order valence-electron chi connectivity index (χ3n) is 10.7. The molecule has 3 heterocycles. The predicted molar refractivity (Wildman–Crippen MR) is 234 cm³/mol. The lowest BCUT2D eigenvalue weighted by molar-refractivity contribution is 0.953. The molecule has 0 aliphatic carbocycles. The molecular weight excluding hydrogens is 701 g/mol. The number of aromatic nitrogens is 4. The molecule has 0 amide bonds. The largest absolute Gasteiger partial charge is 0.278 e. The standard InChI is InChI=1S/C51H32N4S/c1-3-14-34(15-4-1)39-30-31-40(48-47(39)43-22-9-12-25-46(43)56-48)38-19-13-18-37(32-38)33-26-28-36(29-27-33)50-52-49(35-16-5-2-6-17-35)53-51(54-50)55-44-23-10-7-20-41(44)42-21-8-11-24-45(42)55/h1-32H. The summed E-state index contributed by atoms with van der Waals surface area (Å²) in [7, 11) is 0. The van der Waals surface area contributed by atoms with Gasteiger partial charge in [-0.05, 0) is 57.6 Å². The first-order chi connectivity index (χ1) is 27.8. The van der Waals surface area contributed by atoms with Crippen molar-refractivity contribution in [3.8, 4) is 62.1 Å². The maximum Gasteiger partial charge on any atom is 0.238 e. The molecule has 0 saturated carbocycles. The fourth-order valence-corrected chi connectivity index (χ4v) is 9.30. The van der Waals surface area contributed by atoms with E-state index in [1.807, 2.05) is 41.7 Å². The molecule has 0 aliphatic rings. The minimum absolute atomic E-state index is 0.592. The van der Waals surface area contributed by atoms with Gasteiger partial charge in [0.25, 0.3) is 0 Å².